The smallest absolute Gasteiger partial charge is 0.0629 e. The van der Waals surface area contributed by atoms with E-state index in [1.807, 2.05) is 0 Å². The number of fused-ring (bicyclic) bond motifs is 2. The van der Waals surface area contributed by atoms with Crippen LogP contribution in [-0.2, 0) is 0 Å². The van der Waals surface area contributed by atoms with Gasteiger partial charge in [0.2, 0.25) is 0 Å². The SMILES string of the molecule is CC1CC2C(CC1BC1CC3C(CC1C)C3(C)C)C2(C)C. The van der Waals surface area contributed by atoms with Crippen LogP contribution in [0.15, 0.2) is 0 Å². The summed E-state index contributed by atoms with van der Waals surface area (Å²) in [5.74, 6) is 8.34. The molecule has 4 fully saturated rings. The van der Waals surface area contributed by atoms with Gasteiger partial charge >= 0.3 is 0 Å². The predicted octanol–water partition coefficient (Wildman–Crippen LogP) is 5.40. The largest absolute Gasteiger partial charge is 0.128 e. The van der Waals surface area contributed by atoms with E-state index < -0.39 is 0 Å². The molecule has 0 nitrogen and oxygen atoms in total. The van der Waals surface area contributed by atoms with Gasteiger partial charge < -0.3 is 0 Å². The predicted molar refractivity (Wildman–Crippen MR) is 93.0 cm³/mol. The van der Waals surface area contributed by atoms with E-state index in [-0.39, 0.29) is 0 Å². The van der Waals surface area contributed by atoms with Crippen molar-refractivity contribution in [1.82, 2.24) is 0 Å². The van der Waals surface area contributed by atoms with Crippen LogP contribution in [0.4, 0.5) is 0 Å². The summed E-state index contributed by atoms with van der Waals surface area (Å²) in [5, 5.41) is 0. The molecule has 0 aromatic rings. The number of rotatable bonds is 2. The monoisotopic (exact) mass is 286 g/mol. The molecule has 8 unspecified atom stereocenters. The molecule has 0 aromatic heterocycles. The van der Waals surface area contributed by atoms with E-state index in [1.165, 1.54) is 12.8 Å². The Morgan fingerprint density at radius 2 is 0.952 bits per heavy atom. The second-order valence-corrected chi connectivity index (χ2v) is 10.7. The number of hydrogen-bond donors (Lipinski definition) is 0. The fourth-order valence-corrected chi connectivity index (χ4v) is 6.94. The van der Waals surface area contributed by atoms with Crippen molar-refractivity contribution in [2.24, 2.45) is 46.3 Å². The first-order chi connectivity index (χ1) is 9.73. The van der Waals surface area contributed by atoms with E-state index in [1.54, 1.807) is 20.1 Å². The van der Waals surface area contributed by atoms with Crippen molar-refractivity contribution in [2.75, 3.05) is 0 Å². The Hall–Kier alpha value is 0.0649. The van der Waals surface area contributed by atoms with Gasteiger partial charge in [0.25, 0.3) is 0 Å². The second-order valence-electron chi connectivity index (χ2n) is 10.7. The molecule has 0 spiro atoms. The molecule has 4 rings (SSSR count). The Kier molecular flexibility index (Phi) is 3.02. The van der Waals surface area contributed by atoms with Crippen LogP contribution in [0.2, 0.25) is 11.6 Å². The Morgan fingerprint density at radius 3 is 1.33 bits per heavy atom. The minimum absolute atomic E-state index is 0.685. The van der Waals surface area contributed by atoms with Gasteiger partial charge in [-0.25, -0.2) is 0 Å². The first-order valence-corrected chi connectivity index (χ1v) is 9.73. The van der Waals surface area contributed by atoms with Crippen molar-refractivity contribution >= 4 is 7.28 Å². The molecule has 118 valence electrons. The van der Waals surface area contributed by atoms with Gasteiger partial charge in [-0.2, -0.15) is 0 Å². The molecule has 4 saturated carbocycles. The summed E-state index contributed by atoms with van der Waals surface area (Å²) in [5.41, 5.74) is 1.37. The van der Waals surface area contributed by atoms with Crippen molar-refractivity contribution < 1.29 is 0 Å². The third-order valence-corrected chi connectivity index (χ3v) is 9.16. The maximum atomic E-state index is 2.56. The summed E-state index contributed by atoms with van der Waals surface area (Å²) < 4.78 is 0. The van der Waals surface area contributed by atoms with Gasteiger partial charge in [0, 0.05) is 0 Å². The van der Waals surface area contributed by atoms with Gasteiger partial charge in [0.1, 0.15) is 7.28 Å². The Bertz CT molecular complexity index is 397. The third kappa shape index (κ3) is 2.08. The summed E-state index contributed by atoms with van der Waals surface area (Å²) in [7, 11) is 1.56. The van der Waals surface area contributed by atoms with E-state index in [9.17, 15) is 0 Å². The van der Waals surface area contributed by atoms with Crippen LogP contribution in [0.1, 0.15) is 67.2 Å². The van der Waals surface area contributed by atoms with Crippen LogP contribution in [0.5, 0.6) is 0 Å². The Balaban J connectivity index is 1.40. The van der Waals surface area contributed by atoms with Gasteiger partial charge in [0.15, 0.2) is 0 Å². The average Bonchev–Trinajstić information content (AvgIpc) is 3.13. The van der Waals surface area contributed by atoms with E-state index in [2.05, 4.69) is 41.5 Å². The van der Waals surface area contributed by atoms with Crippen LogP contribution in [0.3, 0.4) is 0 Å². The van der Waals surface area contributed by atoms with E-state index in [0.717, 1.165) is 47.1 Å². The van der Waals surface area contributed by atoms with E-state index >= 15 is 0 Å². The van der Waals surface area contributed by atoms with Crippen LogP contribution in [-0.4, -0.2) is 7.28 Å². The zero-order valence-corrected chi connectivity index (χ0v) is 15.2. The summed E-state index contributed by atoms with van der Waals surface area (Å²) in [6.45, 7) is 15.2. The fraction of sp³-hybridized carbons (Fsp3) is 1.00. The molecule has 1 heteroatoms. The maximum absolute atomic E-state index is 2.56. The molecule has 4 aliphatic carbocycles. The molecule has 0 saturated heterocycles. The van der Waals surface area contributed by atoms with E-state index in [4.69, 9.17) is 0 Å². The van der Waals surface area contributed by atoms with Gasteiger partial charge in [-0.05, 0) is 59.2 Å². The lowest BCUT2D eigenvalue weighted by molar-refractivity contribution is 0.337. The van der Waals surface area contributed by atoms with Crippen LogP contribution in [0, 0.1) is 46.3 Å². The molecule has 0 radical (unpaired) electrons. The van der Waals surface area contributed by atoms with Gasteiger partial charge in [-0.15, -0.1) is 0 Å². The van der Waals surface area contributed by atoms with Gasteiger partial charge in [0.05, 0.1) is 0 Å². The van der Waals surface area contributed by atoms with Crippen LogP contribution in [0.25, 0.3) is 0 Å². The molecule has 0 N–H and O–H groups in total. The average molecular weight is 286 g/mol. The van der Waals surface area contributed by atoms with Crippen molar-refractivity contribution in [2.45, 2.75) is 78.9 Å². The van der Waals surface area contributed by atoms with Crippen LogP contribution >= 0.6 is 0 Å². The molecular formula is C20H35B. The summed E-state index contributed by atoms with van der Waals surface area (Å²) in [4.78, 5) is 0. The zero-order valence-electron chi connectivity index (χ0n) is 15.2. The lowest BCUT2D eigenvalue weighted by Gasteiger charge is -2.35. The molecular weight excluding hydrogens is 251 g/mol. The van der Waals surface area contributed by atoms with Crippen molar-refractivity contribution in [3.63, 3.8) is 0 Å². The highest BCUT2D eigenvalue weighted by Crippen LogP contribution is 2.70. The molecule has 0 heterocycles. The molecule has 0 amide bonds. The van der Waals surface area contributed by atoms with Crippen molar-refractivity contribution in [1.29, 1.82) is 0 Å². The molecule has 0 aromatic carbocycles. The fourth-order valence-electron chi connectivity index (χ4n) is 6.94. The third-order valence-electron chi connectivity index (χ3n) is 9.16. The minimum atomic E-state index is 0.685. The maximum Gasteiger partial charge on any atom is 0.128 e. The lowest BCUT2D eigenvalue weighted by Crippen LogP contribution is -2.27. The van der Waals surface area contributed by atoms with Crippen molar-refractivity contribution in [3.8, 4) is 0 Å². The Labute approximate surface area is 133 Å². The van der Waals surface area contributed by atoms with Gasteiger partial charge in [-0.3, -0.25) is 0 Å². The molecule has 21 heavy (non-hydrogen) atoms. The highest BCUT2D eigenvalue weighted by atomic mass is 14.7. The van der Waals surface area contributed by atoms with E-state index in [0.29, 0.717) is 10.8 Å². The van der Waals surface area contributed by atoms with Crippen LogP contribution < -0.4 is 0 Å². The molecule has 0 aliphatic heterocycles. The summed E-state index contributed by atoms with van der Waals surface area (Å²) >= 11 is 0. The Morgan fingerprint density at radius 1 is 0.619 bits per heavy atom. The molecule has 0 bridgehead atoms. The molecule has 8 atom stereocenters. The minimum Gasteiger partial charge on any atom is -0.0629 e. The van der Waals surface area contributed by atoms with Crippen molar-refractivity contribution in [3.05, 3.63) is 0 Å². The summed E-state index contributed by atoms with van der Waals surface area (Å²) in [6, 6.07) is 0. The standard InChI is InChI=1S/C20H35B/c1-11-7-13-15(19(13,3)4)9-17(11)21-18-10-16-14(8-12(18)2)20(16,5)6/h11-18,21H,7-10H2,1-6H3. The highest BCUT2D eigenvalue weighted by Gasteiger charge is 2.62. The zero-order chi connectivity index (χ0) is 15.2. The quantitative estimate of drug-likeness (QED) is 0.596. The first kappa shape index (κ1) is 14.6. The summed E-state index contributed by atoms with van der Waals surface area (Å²) in [6.07, 6.45) is 6.17. The lowest BCUT2D eigenvalue weighted by atomic mass is 9.44. The molecule has 4 aliphatic rings. The normalized spacial score (nSPS) is 56.1. The highest BCUT2D eigenvalue weighted by molar-refractivity contribution is 6.40. The topological polar surface area (TPSA) is 0 Å². The van der Waals surface area contributed by atoms with Gasteiger partial charge in [-0.1, -0.05) is 66.0 Å². The first-order valence-electron chi connectivity index (χ1n) is 9.73. The second kappa shape index (κ2) is 4.32. The number of hydrogen-bond acceptors (Lipinski definition) is 0.